The molecule has 0 spiro atoms. The van der Waals surface area contributed by atoms with Gasteiger partial charge in [0.05, 0.1) is 14.1 Å². The zero-order valence-electron chi connectivity index (χ0n) is 12.8. The van der Waals surface area contributed by atoms with Gasteiger partial charge in [-0.25, -0.2) is 0 Å². The van der Waals surface area contributed by atoms with Crippen molar-refractivity contribution in [2.45, 2.75) is 26.7 Å². The van der Waals surface area contributed by atoms with E-state index < -0.39 is 26.0 Å². The molecule has 22 heavy (non-hydrogen) atoms. The highest BCUT2D eigenvalue weighted by Gasteiger charge is 2.22. The molecule has 0 aliphatic carbocycles. The third-order valence-corrected chi connectivity index (χ3v) is 3.90. The fraction of sp³-hybridized carbons (Fsp3) is 0.467. The molecule has 0 bridgehead atoms. The molecule has 0 saturated carbocycles. The maximum Gasteiger partial charge on any atom is 0.306 e. The summed E-state index contributed by atoms with van der Waals surface area (Å²) in [5, 5.41) is 17.5. The minimum Gasteiger partial charge on any atom is -0.487 e. The number of carbonyl (C=O) groups is 2. The Bertz CT molecular complexity index is 437. The van der Waals surface area contributed by atoms with Crippen LogP contribution in [0.3, 0.4) is 0 Å². The van der Waals surface area contributed by atoms with Crippen LogP contribution in [0.4, 0.5) is 0 Å². The van der Waals surface area contributed by atoms with Gasteiger partial charge in [0, 0.05) is 12.6 Å². The summed E-state index contributed by atoms with van der Waals surface area (Å²) in [6.07, 6.45) is -0.143. The molecule has 6 nitrogen and oxygen atoms in total. The summed E-state index contributed by atoms with van der Waals surface area (Å²) in [5.74, 6) is -2.39. The summed E-state index contributed by atoms with van der Waals surface area (Å²) in [6, 6.07) is 8.90. The fourth-order valence-corrected chi connectivity index (χ4v) is 2.81. The zero-order chi connectivity index (χ0) is 17.0. The lowest BCUT2D eigenvalue weighted by atomic mass is 10.1. The van der Waals surface area contributed by atoms with Crippen LogP contribution in [0.15, 0.2) is 30.3 Å². The summed E-state index contributed by atoms with van der Waals surface area (Å²) in [6.45, 7) is 4.00. The highest BCUT2D eigenvalue weighted by Crippen LogP contribution is 2.34. The van der Waals surface area contributed by atoms with E-state index in [1.165, 1.54) is 0 Å². The Kier molecular flexibility index (Phi) is 11.1. The Balaban J connectivity index is 0.00000211. The molecule has 2 atom stereocenters. The van der Waals surface area contributed by atoms with Gasteiger partial charge in [-0.05, 0) is 18.6 Å². The average molecular weight is 330 g/mol. The number of hydrogen-bond acceptors (Lipinski definition) is 4. The monoisotopic (exact) mass is 330 g/mol. The van der Waals surface area contributed by atoms with Crippen molar-refractivity contribution in [2.75, 3.05) is 12.5 Å². The minimum absolute atomic E-state index is 0.00932. The first-order chi connectivity index (χ1) is 10.5. The van der Waals surface area contributed by atoms with Crippen molar-refractivity contribution in [2.24, 2.45) is 5.92 Å². The van der Waals surface area contributed by atoms with Crippen molar-refractivity contribution in [3.8, 4) is 5.75 Å². The van der Waals surface area contributed by atoms with E-state index in [0.29, 0.717) is 5.75 Å². The van der Waals surface area contributed by atoms with Crippen LogP contribution in [0.25, 0.3) is 0 Å². The van der Waals surface area contributed by atoms with E-state index >= 15 is 0 Å². The van der Waals surface area contributed by atoms with Gasteiger partial charge in [-0.15, -0.1) is 0 Å². The van der Waals surface area contributed by atoms with Crippen LogP contribution in [0.1, 0.15) is 26.7 Å². The van der Waals surface area contributed by atoms with Crippen molar-refractivity contribution < 1.29 is 29.4 Å². The Morgan fingerprint density at radius 3 is 2.27 bits per heavy atom. The molecule has 0 radical (unpaired) electrons. The second-order valence-electron chi connectivity index (χ2n) is 4.24. The number of ether oxygens (including phenoxy) is 1. The predicted octanol–water partition coefficient (Wildman–Crippen LogP) is 3.00. The standard InChI is InChI=1S/C13H17O6P.C2H6/c14-12(15)7-6-10(13(16)17)8-20(18)9-19-11-4-2-1-3-5-11;1-2/h1-5,10,18H,6-9H2,(H,14,15)(H,16,17);1-2H3. The summed E-state index contributed by atoms with van der Waals surface area (Å²) >= 11 is 0. The summed E-state index contributed by atoms with van der Waals surface area (Å²) in [4.78, 5) is 31.3. The van der Waals surface area contributed by atoms with Crippen LogP contribution in [0.5, 0.6) is 5.75 Å². The lowest BCUT2D eigenvalue weighted by Crippen LogP contribution is -2.19. The summed E-state index contributed by atoms with van der Waals surface area (Å²) in [5.41, 5.74) is 0. The second kappa shape index (κ2) is 12.0. The third kappa shape index (κ3) is 9.32. The lowest BCUT2D eigenvalue weighted by molar-refractivity contribution is -0.142. The van der Waals surface area contributed by atoms with E-state index in [-0.39, 0.29) is 25.4 Å². The van der Waals surface area contributed by atoms with E-state index in [1.807, 2.05) is 19.9 Å². The molecule has 0 aliphatic heterocycles. The summed E-state index contributed by atoms with van der Waals surface area (Å²) < 4.78 is 5.34. The van der Waals surface area contributed by atoms with Crippen LogP contribution in [-0.4, -0.2) is 39.6 Å². The van der Waals surface area contributed by atoms with Crippen LogP contribution < -0.4 is 4.74 Å². The van der Waals surface area contributed by atoms with Gasteiger partial charge in [0.1, 0.15) is 12.1 Å². The van der Waals surface area contributed by atoms with Crippen LogP contribution >= 0.6 is 8.15 Å². The van der Waals surface area contributed by atoms with Gasteiger partial charge < -0.3 is 19.8 Å². The number of carboxylic acid groups (broad SMARTS) is 2. The third-order valence-electron chi connectivity index (χ3n) is 2.61. The number of rotatable bonds is 9. The first kappa shape index (κ1) is 20.3. The van der Waals surface area contributed by atoms with Crippen molar-refractivity contribution >= 4 is 20.1 Å². The second-order valence-corrected chi connectivity index (χ2v) is 5.88. The molecule has 0 aliphatic rings. The zero-order valence-corrected chi connectivity index (χ0v) is 13.7. The van der Waals surface area contributed by atoms with Gasteiger partial charge >= 0.3 is 11.9 Å². The number of carboxylic acids is 2. The smallest absolute Gasteiger partial charge is 0.306 e. The SMILES string of the molecule is CC.O=C(O)CCC(CP(O)COc1ccccc1)C(=O)O. The molecule has 0 amide bonds. The highest BCUT2D eigenvalue weighted by molar-refractivity contribution is 7.51. The molecule has 1 aromatic rings. The Labute approximate surface area is 131 Å². The Hall–Kier alpha value is -1.65. The number of hydrogen-bond donors (Lipinski definition) is 3. The van der Waals surface area contributed by atoms with E-state index in [0.717, 1.165) is 0 Å². The van der Waals surface area contributed by atoms with Crippen LogP contribution in [0, 0.1) is 5.92 Å². The quantitative estimate of drug-likeness (QED) is 0.601. The van der Waals surface area contributed by atoms with E-state index in [1.54, 1.807) is 24.3 Å². The Morgan fingerprint density at radius 2 is 1.77 bits per heavy atom. The van der Waals surface area contributed by atoms with Crippen molar-refractivity contribution in [3.05, 3.63) is 30.3 Å². The molecule has 3 N–H and O–H groups in total. The van der Waals surface area contributed by atoms with E-state index in [2.05, 4.69) is 0 Å². The lowest BCUT2D eigenvalue weighted by Gasteiger charge is -2.16. The fourth-order valence-electron chi connectivity index (χ4n) is 1.56. The van der Waals surface area contributed by atoms with Gasteiger partial charge in [-0.3, -0.25) is 9.59 Å². The molecular weight excluding hydrogens is 307 g/mol. The van der Waals surface area contributed by atoms with Crippen LogP contribution in [0.2, 0.25) is 0 Å². The average Bonchev–Trinajstić information content (AvgIpc) is 2.52. The van der Waals surface area contributed by atoms with Crippen molar-refractivity contribution in [1.29, 1.82) is 0 Å². The topological polar surface area (TPSA) is 104 Å². The van der Waals surface area contributed by atoms with Gasteiger partial charge in [0.15, 0.2) is 0 Å². The first-order valence-electron chi connectivity index (χ1n) is 7.05. The van der Waals surface area contributed by atoms with E-state index in [9.17, 15) is 14.5 Å². The molecule has 124 valence electrons. The molecule has 1 aromatic carbocycles. The van der Waals surface area contributed by atoms with E-state index in [4.69, 9.17) is 14.9 Å². The van der Waals surface area contributed by atoms with Gasteiger partial charge in [-0.2, -0.15) is 0 Å². The number of para-hydroxylation sites is 1. The first-order valence-corrected chi connectivity index (χ1v) is 8.72. The molecule has 1 rings (SSSR count). The largest absolute Gasteiger partial charge is 0.487 e. The van der Waals surface area contributed by atoms with Gasteiger partial charge in [-0.1, -0.05) is 32.0 Å². The van der Waals surface area contributed by atoms with Gasteiger partial charge in [0.25, 0.3) is 0 Å². The van der Waals surface area contributed by atoms with Crippen molar-refractivity contribution in [3.63, 3.8) is 0 Å². The molecule has 0 heterocycles. The van der Waals surface area contributed by atoms with Gasteiger partial charge in [0.2, 0.25) is 0 Å². The maximum absolute atomic E-state index is 11.0. The van der Waals surface area contributed by atoms with Crippen molar-refractivity contribution in [1.82, 2.24) is 0 Å². The predicted molar refractivity (Wildman–Crippen MR) is 85.3 cm³/mol. The van der Waals surface area contributed by atoms with Crippen LogP contribution in [-0.2, 0) is 9.59 Å². The normalized spacial score (nSPS) is 12.5. The minimum atomic E-state index is -1.60. The maximum atomic E-state index is 11.0. The molecule has 0 saturated heterocycles. The Morgan fingerprint density at radius 1 is 1.18 bits per heavy atom. The number of aliphatic carboxylic acids is 2. The molecule has 7 heteroatoms. The molecule has 0 aromatic heterocycles. The molecular formula is C15H23O6P. The number of benzene rings is 1. The highest BCUT2D eigenvalue weighted by atomic mass is 31.1. The molecule has 0 fully saturated rings. The molecule has 2 unspecified atom stereocenters. The summed E-state index contributed by atoms with van der Waals surface area (Å²) in [7, 11) is -1.60.